The van der Waals surface area contributed by atoms with Crippen LogP contribution in [0.4, 0.5) is 4.79 Å². The van der Waals surface area contributed by atoms with Gasteiger partial charge in [-0.05, 0) is 57.6 Å². The van der Waals surface area contributed by atoms with Crippen molar-refractivity contribution < 1.29 is 14.6 Å². The van der Waals surface area contributed by atoms with Crippen LogP contribution < -0.4 is 5.69 Å². The number of carbonyl (C=O) groups excluding carboxylic acids is 1. The average Bonchev–Trinajstić information content (AvgIpc) is 3.12. The second kappa shape index (κ2) is 7.61. The fraction of sp³-hybridized carbons (Fsp3) is 0.708. The maximum atomic E-state index is 12.8. The van der Waals surface area contributed by atoms with Crippen LogP contribution in [0, 0.1) is 5.41 Å². The molecule has 4 unspecified atom stereocenters. The van der Waals surface area contributed by atoms with E-state index in [9.17, 15) is 14.7 Å². The third-order valence-corrected chi connectivity index (χ3v) is 6.50. The monoisotopic (exact) mass is 444 g/mol. The molecule has 8 heteroatoms. The maximum Gasteiger partial charge on any atom is 0.410 e. The molecule has 0 aliphatic carbocycles. The highest BCUT2D eigenvalue weighted by Gasteiger charge is 2.50. The first-order chi connectivity index (χ1) is 14.8. The molecular weight excluding hydrogens is 408 g/mol. The van der Waals surface area contributed by atoms with Crippen LogP contribution in [0.25, 0.3) is 11.2 Å². The highest BCUT2D eigenvalue weighted by Crippen LogP contribution is 2.43. The van der Waals surface area contributed by atoms with Crippen molar-refractivity contribution in [3.63, 3.8) is 0 Å². The third kappa shape index (κ3) is 4.05. The van der Waals surface area contributed by atoms with Gasteiger partial charge in [0, 0.05) is 31.2 Å². The van der Waals surface area contributed by atoms with Crippen molar-refractivity contribution >= 4 is 17.3 Å². The molecule has 176 valence electrons. The first kappa shape index (κ1) is 22.8. The van der Waals surface area contributed by atoms with Gasteiger partial charge in [0.2, 0.25) is 0 Å². The zero-order chi connectivity index (χ0) is 23.6. The molecule has 8 nitrogen and oxygen atoms in total. The Morgan fingerprint density at radius 2 is 1.88 bits per heavy atom. The summed E-state index contributed by atoms with van der Waals surface area (Å²) in [6, 6.07) is 3.62. The Morgan fingerprint density at radius 3 is 2.50 bits per heavy atom. The summed E-state index contributed by atoms with van der Waals surface area (Å²) in [4.78, 5) is 32.2. The van der Waals surface area contributed by atoms with Crippen LogP contribution in [0.3, 0.4) is 0 Å². The fourth-order valence-corrected chi connectivity index (χ4v) is 5.20. The summed E-state index contributed by atoms with van der Waals surface area (Å²) in [6.07, 6.45) is 1.16. The molecule has 0 radical (unpaired) electrons. The topological polar surface area (TPSA) is 89.6 Å². The Labute approximate surface area is 189 Å². The van der Waals surface area contributed by atoms with Crippen LogP contribution in [-0.2, 0) is 18.3 Å². The molecule has 2 fully saturated rings. The van der Waals surface area contributed by atoms with Crippen molar-refractivity contribution in [3.8, 4) is 0 Å². The molecule has 1 N–H and O–H groups in total. The quantitative estimate of drug-likeness (QED) is 0.767. The number of rotatable bonds is 2. The summed E-state index contributed by atoms with van der Waals surface area (Å²) in [5.74, 6) is -0.184. The first-order valence-electron chi connectivity index (χ1n) is 11.5. The number of amides is 1. The number of imidazole rings is 1. The number of carbonyl (C=O) groups is 1. The van der Waals surface area contributed by atoms with E-state index in [0.29, 0.717) is 18.6 Å². The molecule has 4 heterocycles. The highest BCUT2D eigenvalue weighted by atomic mass is 16.6. The predicted molar refractivity (Wildman–Crippen MR) is 123 cm³/mol. The second-order valence-electron chi connectivity index (χ2n) is 11.6. The maximum absolute atomic E-state index is 12.8. The molecular formula is C24H36N4O4. The van der Waals surface area contributed by atoms with E-state index >= 15 is 0 Å². The van der Waals surface area contributed by atoms with Crippen molar-refractivity contribution in [2.45, 2.75) is 97.1 Å². The Kier molecular flexibility index (Phi) is 5.43. The molecule has 32 heavy (non-hydrogen) atoms. The minimum absolute atomic E-state index is 0.0232. The SMILES string of the molecule is Cn1c(=O)n(CC(C)(C)C)c2ccc(C3CC4CCC(C3O)N4C(=O)OC(C)(C)C)nc21. The van der Waals surface area contributed by atoms with Crippen molar-refractivity contribution in [3.05, 3.63) is 28.3 Å². The van der Waals surface area contributed by atoms with Gasteiger partial charge in [-0.3, -0.25) is 14.0 Å². The number of aromatic nitrogens is 3. The normalized spacial score (nSPS) is 26.1. The number of hydrogen-bond acceptors (Lipinski definition) is 5. The van der Waals surface area contributed by atoms with Gasteiger partial charge < -0.3 is 9.84 Å². The number of aryl methyl sites for hydroxylation is 1. The molecule has 2 aliphatic rings. The number of piperidine rings is 1. The smallest absolute Gasteiger partial charge is 0.410 e. The molecule has 2 aromatic rings. The van der Waals surface area contributed by atoms with Crippen LogP contribution in [0.1, 0.15) is 72.4 Å². The number of nitrogens with zero attached hydrogens (tertiary/aromatic N) is 4. The molecule has 0 spiro atoms. The Hall–Kier alpha value is -2.35. The summed E-state index contributed by atoms with van der Waals surface area (Å²) in [5.41, 5.74) is 1.51. The predicted octanol–water partition coefficient (Wildman–Crippen LogP) is 3.40. The summed E-state index contributed by atoms with van der Waals surface area (Å²) in [6.45, 7) is 12.5. The number of ether oxygens (including phenoxy) is 1. The number of pyridine rings is 1. The van der Waals surface area contributed by atoms with Gasteiger partial charge in [0.25, 0.3) is 0 Å². The lowest BCUT2D eigenvalue weighted by molar-refractivity contribution is -0.0306. The van der Waals surface area contributed by atoms with E-state index in [1.165, 1.54) is 0 Å². The summed E-state index contributed by atoms with van der Waals surface area (Å²) in [7, 11) is 1.74. The summed E-state index contributed by atoms with van der Waals surface area (Å²) in [5, 5.41) is 11.2. The third-order valence-electron chi connectivity index (χ3n) is 6.50. The van der Waals surface area contributed by atoms with E-state index in [2.05, 4.69) is 20.8 Å². The van der Waals surface area contributed by atoms with Gasteiger partial charge in [-0.15, -0.1) is 0 Å². The number of aliphatic hydroxyl groups excluding tert-OH is 1. The Morgan fingerprint density at radius 1 is 1.19 bits per heavy atom. The van der Waals surface area contributed by atoms with Gasteiger partial charge in [0.05, 0.1) is 17.7 Å². The Bertz CT molecular complexity index is 1090. The lowest BCUT2D eigenvalue weighted by Crippen LogP contribution is -2.54. The Balaban J connectivity index is 1.64. The van der Waals surface area contributed by atoms with E-state index in [0.717, 1.165) is 24.1 Å². The van der Waals surface area contributed by atoms with E-state index in [4.69, 9.17) is 9.72 Å². The number of aliphatic hydroxyl groups is 1. The summed E-state index contributed by atoms with van der Waals surface area (Å²) >= 11 is 0. The van der Waals surface area contributed by atoms with Gasteiger partial charge in [0.1, 0.15) is 5.60 Å². The molecule has 1 amide bonds. The van der Waals surface area contributed by atoms with Gasteiger partial charge in [-0.2, -0.15) is 0 Å². The molecule has 2 saturated heterocycles. The number of fused-ring (bicyclic) bond motifs is 3. The van der Waals surface area contributed by atoms with E-state index < -0.39 is 11.7 Å². The lowest BCUT2D eigenvalue weighted by atomic mass is 9.85. The molecule has 2 aromatic heterocycles. The molecule has 2 aliphatic heterocycles. The minimum Gasteiger partial charge on any atom is -0.444 e. The highest BCUT2D eigenvalue weighted by molar-refractivity contribution is 5.72. The zero-order valence-corrected chi connectivity index (χ0v) is 20.3. The van der Waals surface area contributed by atoms with Crippen LogP contribution in [-0.4, -0.2) is 54.0 Å². The van der Waals surface area contributed by atoms with Crippen molar-refractivity contribution in [2.24, 2.45) is 12.5 Å². The largest absolute Gasteiger partial charge is 0.444 e. The molecule has 0 aromatic carbocycles. The van der Waals surface area contributed by atoms with Crippen LogP contribution >= 0.6 is 0 Å². The number of hydrogen-bond donors (Lipinski definition) is 1. The second-order valence-corrected chi connectivity index (χ2v) is 11.6. The van der Waals surface area contributed by atoms with E-state index in [-0.39, 0.29) is 35.2 Å². The van der Waals surface area contributed by atoms with Crippen LogP contribution in [0.2, 0.25) is 0 Å². The standard InChI is InChI=1S/C24H36N4O4/c1-23(2,3)13-27-18-11-9-16(25-20(18)26(7)21(27)30)15-12-14-8-10-17(19(15)29)28(14)22(31)32-24(4,5)6/h9,11,14-15,17,19,29H,8,10,12-13H2,1-7H3. The van der Waals surface area contributed by atoms with Gasteiger partial charge in [0.15, 0.2) is 5.65 Å². The lowest BCUT2D eigenvalue weighted by Gasteiger charge is -2.42. The first-order valence-corrected chi connectivity index (χ1v) is 11.5. The van der Waals surface area contributed by atoms with Gasteiger partial charge in [-0.25, -0.2) is 14.6 Å². The van der Waals surface area contributed by atoms with Gasteiger partial charge >= 0.3 is 11.8 Å². The van der Waals surface area contributed by atoms with Crippen LogP contribution in [0.5, 0.6) is 0 Å². The van der Waals surface area contributed by atoms with Gasteiger partial charge in [-0.1, -0.05) is 20.8 Å². The fourth-order valence-electron chi connectivity index (χ4n) is 5.20. The molecule has 0 saturated carbocycles. The van der Waals surface area contributed by atoms with E-state index in [1.807, 2.05) is 32.9 Å². The minimum atomic E-state index is -0.722. The molecule has 4 rings (SSSR count). The van der Waals surface area contributed by atoms with E-state index in [1.54, 1.807) is 21.1 Å². The van der Waals surface area contributed by atoms with Crippen molar-refractivity contribution in [1.82, 2.24) is 19.0 Å². The zero-order valence-electron chi connectivity index (χ0n) is 20.3. The average molecular weight is 445 g/mol. The van der Waals surface area contributed by atoms with Crippen LogP contribution in [0.15, 0.2) is 16.9 Å². The molecule has 4 atom stereocenters. The summed E-state index contributed by atoms with van der Waals surface area (Å²) < 4.78 is 8.96. The molecule has 2 bridgehead atoms. The van der Waals surface area contributed by atoms with Crippen molar-refractivity contribution in [2.75, 3.05) is 0 Å². The van der Waals surface area contributed by atoms with Crippen molar-refractivity contribution in [1.29, 1.82) is 0 Å².